The van der Waals surface area contributed by atoms with Crippen molar-refractivity contribution in [1.82, 2.24) is 20.0 Å². The second-order valence-corrected chi connectivity index (χ2v) is 7.48. The average molecular weight is 412 g/mol. The Morgan fingerprint density at radius 3 is 2.93 bits per heavy atom. The fourth-order valence-electron chi connectivity index (χ4n) is 3.72. The Morgan fingerprint density at radius 2 is 2.20 bits per heavy atom. The minimum absolute atomic E-state index is 0.131. The summed E-state index contributed by atoms with van der Waals surface area (Å²) in [6, 6.07) is 9.49. The number of piperidine rings is 1. The van der Waals surface area contributed by atoms with Crippen molar-refractivity contribution < 1.29 is 9.59 Å². The zero-order valence-electron chi connectivity index (χ0n) is 17.3. The highest BCUT2D eigenvalue weighted by Crippen LogP contribution is 2.19. The Labute approximate surface area is 176 Å². The van der Waals surface area contributed by atoms with Crippen LogP contribution in [0.1, 0.15) is 24.8 Å². The first-order chi connectivity index (χ1) is 14.5. The molecule has 1 fully saturated rings. The summed E-state index contributed by atoms with van der Waals surface area (Å²) in [6.07, 6.45) is 5.83. The van der Waals surface area contributed by atoms with Crippen molar-refractivity contribution >= 4 is 23.5 Å². The van der Waals surface area contributed by atoms with Crippen LogP contribution in [0.2, 0.25) is 0 Å². The highest BCUT2D eigenvalue weighted by molar-refractivity contribution is 5.90. The molecule has 1 aromatic heterocycles. The van der Waals surface area contributed by atoms with Gasteiger partial charge in [-0.3, -0.25) is 19.3 Å². The van der Waals surface area contributed by atoms with Crippen LogP contribution in [0.4, 0.5) is 5.69 Å². The summed E-state index contributed by atoms with van der Waals surface area (Å²) in [4.78, 5) is 30.0. The molecule has 1 aliphatic rings. The van der Waals surface area contributed by atoms with Gasteiger partial charge in [0.2, 0.25) is 11.8 Å². The van der Waals surface area contributed by atoms with Crippen molar-refractivity contribution in [1.29, 1.82) is 0 Å². The van der Waals surface area contributed by atoms with Gasteiger partial charge in [-0.1, -0.05) is 12.1 Å². The number of nitrogens with zero attached hydrogens (tertiary/aromatic N) is 4. The number of carbonyl (C=O) groups excluding carboxylic acids is 2. The van der Waals surface area contributed by atoms with Crippen molar-refractivity contribution in [2.24, 2.45) is 16.6 Å². The smallest absolute Gasteiger partial charge is 0.246 e. The standard InChI is InChI=1S/C21H29N7O2/c1-23-21(27-9-3-6-17(14-27)12-19(22)29)24-13-16-5-2-7-18(11-16)26-20(30)15-28-10-4-8-25-28/h2,4-5,7-8,10-11,17H,3,6,9,12-15H2,1H3,(H2,22,29)(H,23,24)(H,26,30). The first-order valence-corrected chi connectivity index (χ1v) is 10.1. The molecule has 9 heteroatoms. The molecule has 0 spiro atoms. The number of anilines is 1. The van der Waals surface area contributed by atoms with Gasteiger partial charge in [0.1, 0.15) is 6.54 Å². The van der Waals surface area contributed by atoms with E-state index in [4.69, 9.17) is 5.73 Å². The Bertz CT molecular complexity index is 879. The molecule has 1 atom stereocenters. The average Bonchev–Trinajstić information content (AvgIpc) is 3.21. The number of likely N-dealkylation sites (tertiary alicyclic amines) is 1. The lowest BCUT2D eigenvalue weighted by Crippen LogP contribution is -2.46. The highest BCUT2D eigenvalue weighted by atomic mass is 16.2. The summed E-state index contributed by atoms with van der Waals surface area (Å²) in [5, 5.41) is 10.3. The molecule has 4 N–H and O–H groups in total. The quantitative estimate of drug-likeness (QED) is 0.467. The number of nitrogens with one attached hydrogen (secondary N) is 2. The van der Waals surface area contributed by atoms with E-state index in [0.717, 1.165) is 43.1 Å². The van der Waals surface area contributed by atoms with Crippen LogP contribution < -0.4 is 16.4 Å². The molecule has 0 saturated carbocycles. The first-order valence-electron chi connectivity index (χ1n) is 10.1. The maximum atomic E-state index is 12.2. The third kappa shape index (κ3) is 6.33. The molecule has 1 aromatic carbocycles. The van der Waals surface area contributed by atoms with E-state index in [9.17, 15) is 9.59 Å². The SMILES string of the molecule is CN=C(NCc1cccc(NC(=O)Cn2cccn2)c1)N1CCCC(CC(N)=O)C1. The molecule has 1 unspecified atom stereocenters. The third-order valence-electron chi connectivity index (χ3n) is 5.05. The summed E-state index contributed by atoms with van der Waals surface area (Å²) < 4.78 is 1.58. The van der Waals surface area contributed by atoms with Gasteiger partial charge in [0.15, 0.2) is 5.96 Å². The summed E-state index contributed by atoms with van der Waals surface area (Å²) in [6.45, 7) is 2.42. The molecule has 30 heavy (non-hydrogen) atoms. The van der Waals surface area contributed by atoms with E-state index in [1.807, 2.05) is 24.3 Å². The van der Waals surface area contributed by atoms with Crippen molar-refractivity contribution in [3.05, 3.63) is 48.3 Å². The molecule has 2 amide bonds. The van der Waals surface area contributed by atoms with Gasteiger partial charge in [-0.25, -0.2) is 0 Å². The zero-order chi connectivity index (χ0) is 21.3. The number of carbonyl (C=O) groups is 2. The second kappa shape index (κ2) is 10.4. The van der Waals surface area contributed by atoms with Crippen LogP contribution in [0.3, 0.4) is 0 Å². The van der Waals surface area contributed by atoms with E-state index >= 15 is 0 Å². The number of benzene rings is 1. The number of nitrogens with two attached hydrogens (primary N) is 1. The van der Waals surface area contributed by atoms with E-state index in [0.29, 0.717) is 13.0 Å². The summed E-state index contributed by atoms with van der Waals surface area (Å²) in [5.41, 5.74) is 7.12. The largest absolute Gasteiger partial charge is 0.370 e. The first kappa shape index (κ1) is 21.4. The van der Waals surface area contributed by atoms with Crippen molar-refractivity contribution in [3.63, 3.8) is 0 Å². The predicted octanol–water partition coefficient (Wildman–Crippen LogP) is 1.18. The van der Waals surface area contributed by atoms with Crippen molar-refractivity contribution in [2.75, 3.05) is 25.5 Å². The lowest BCUT2D eigenvalue weighted by molar-refractivity contribution is -0.119. The summed E-state index contributed by atoms with van der Waals surface area (Å²) in [5.74, 6) is 0.685. The molecule has 2 heterocycles. The lowest BCUT2D eigenvalue weighted by Gasteiger charge is -2.34. The van der Waals surface area contributed by atoms with Crippen LogP contribution in [0.5, 0.6) is 0 Å². The number of hydrogen-bond donors (Lipinski definition) is 3. The predicted molar refractivity (Wildman–Crippen MR) is 116 cm³/mol. The number of aromatic nitrogens is 2. The third-order valence-corrected chi connectivity index (χ3v) is 5.05. The zero-order valence-corrected chi connectivity index (χ0v) is 17.3. The lowest BCUT2D eigenvalue weighted by atomic mass is 9.95. The molecular formula is C21H29N7O2. The van der Waals surface area contributed by atoms with Gasteiger partial charge in [0, 0.05) is 51.2 Å². The van der Waals surface area contributed by atoms with Crippen LogP contribution >= 0.6 is 0 Å². The minimum Gasteiger partial charge on any atom is -0.370 e. The maximum absolute atomic E-state index is 12.2. The molecule has 0 aliphatic carbocycles. The van der Waals surface area contributed by atoms with Crippen molar-refractivity contribution in [2.45, 2.75) is 32.4 Å². The minimum atomic E-state index is -0.254. The Morgan fingerprint density at radius 1 is 1.33 bits per heavy atom. The van der Waals surface area contributed by atoms with Gasteiger partial charge in [-0.2, -0.15) is 5.10 Å². The van der Waals surface area contributed by atoms with Crippen LogP contribution in [0.25, 0.3) is 0 Å². The van der Waals surface area contributed by atoms with E-state index in [2.05, 4.69) is 25.6 Å². The number of rotatable bonds is 7. The van der Waals surface area contributed by atoms with Gasteiger partial charge in [-0.15, -0.1) is 0 Å². The summed E-state index contributed by atoms with van der Waals surface area (Å²) >= 11 is 0. The molecule has 3 rings (SSSR count). The number of primary amides is 1. The monoisotopic (exact) mass is 411 g/mol. The Balaban J connectivity index is 1.53. The molecular weight excluding hydrogens is 382 g/mol. The fraction of sp³-hybridized carbons (Fsp3) is 0.429. The molecule has 9 nitrogen and oxygen atoms in total. The number of aliphatic imine (C=N–C) groups is 1. The number of guanidine groups is 1. The molecule has 0 radical (unpaired) electrons. The van der Waals surface area contributed by atoms with Gasteiger partial charge < -0.3 is 21.3 Å². The summed E-state index contributed by atoms with van der Waals surface area (Å²) in [7, 11) is 1.76. The molecule has 2 aromatic rings. The topological polar surface area (TPSA) is 118 Å². The highest BCUT2D eigenvalue weighted by Gasteiger charge is 2.23. The van der Waals surface area contributed by atoms with Gasteiger partial charge in [0.25, 0.3) is 0 Å². The van der Waals surface area contributed by atoms with Crippen LogP contribution in [-0.4, -0.2) is 52.6 Å². The van der Waals surface area contributed by atoms with Crippen LogP contribution in [0, 0.1) is 5.92 Å². The van der Waals surface area contributed by atoms with Gasteiger partial charge in [0.05, 0.1) is 0 Å². The normalized spacial score (nSPS) is 16.9. The van der Waals surface area contributed by atoms with E-state index in [1.54, 1.807) is 30.2 Å². The van der Waals surface area contributed by atoms with Gasteiger partial charge in [-0.05, 0) is 42.5 Å². The Kier molecular flexibility index (Phi) is 7.42. The van der Waals surface area contributed by atoms with E-state index in [-0.39, 0.29) is 24.3 Å². The Hall–Kier alpha value is -3.36. The number of hydrogen-bond acceptors (Lipinski definition) is 4. The fourth-order valence-corrected chi connectivity index (χ4v) is 3.72. The van der Waals surface area contributed by atoms with Crippen LogP contribution in [-0.2, 0) is 22.7 Å². The molecule has 1 saturated heterocycles. The van der Waals surface area contributed by atoms with E-state index < -0.39 is 0 Å². The molecule has 1 aliphatic heterocycles. The van der Waals surface area contributed by atoms with E-state index in [1.165, 1.54) is 0 Å². The maximum Gasteiger partial charge on any atom is 0.246 e. The van der Waals surface area contributed by atoms with Gasteiger partial charge >= 0.3 is 0 Å². The molecule has 0 bridgehead atoms. The molecule has 160 valence electrons. The van der Waals surface area contributed by atoms with Crippen LogP contribution in [0.15, 0.2) is 47.7 Å². The van der Waals surface area contributed by atoms with Crippen molar-refractivity contribution in [3.8, 4) is 0 Å². The number of amides is 2. The second-order valence-electron chi connectivity index (χ2n) is 7.48.